The highest BCUT2D eigenvalue weighted by molar-refractivity contribution is 5.68. The minimum atomic E-state index is 1.06. The SMILES string of the molecule is CCc1cc(C)nc(-c2c(CC)cccc2CC)c1. The zero-order valence-electron chi connectivity index (χ0n) is 12.5. The molecule has 0 radical (unpaired) electrons. The van der Waals surface area contributed by atoms with Gasteiger partial charge in [-0.2, -0.15) is 0 Å². The summed E-state index contributed by atoms with van der Waals surface area (Å²) in [5.41, 5.74) is 7.79. The third-order valence-corrected chi connectivity index (χ3v) is 3.68. The van der Waals surface area contributed by atoms with E-state index in [4.69, 9.17) is 4.98 Å². The van der Waals surface area contributed by atoms with Crippen molar-refractivity contribution in [3.05, 3.63) is 52.7 Å². The molecule has 1 heteroatoms. The quantitative estimate of drug-likeness (QED) is 0.766. The maximum atomic E-state index is 4.77. The monoisotopic (exact) mass is 253 g/mol. The van der Waals surface area contributed by atoms with Gasteiger partial charge >= 0.3 is 0 Å². The number of hydrogen-bond donors (Lipinski definition) is 0. The van der Waals surface area contributed by atoms with Crippen LogP contribution in [-0.2, 0) is 19.3 Å². The van der Waals surface area contributed by atoms with Crippen LogP contribution in [0.25, 0.3) is 11.3 Å². The fourth-order valence-corrected chi connectivity index (χ4v) is 2.64. The number of aryl methyl sites for hydroxylation is 4. The lowest BCUT2D eigenvalue weighted by Crippen LogP contribution is -1.98. The van der Waals surface area contributed by atoms with Gasteiger partial charge < -0.3 is 0 Å². The smallest absolute Gasteiger partial charge is 0.0713 e. The van der Waals surface area contributed by atoms with Gasteiger partial charge in [0.1, 0.15) is 0 Å². The van der Waals surface area contributed by atoms with Crippen LogP contribution in [0.1, 0.15) is 43.2 Å². The standard InChI is InChI=1S/C18H23N/c1-5-14-11-13(4)19-17(12-14)18-15(6-2)9-8-10-16(18)7-3/h8-12H,5-7H2,1-4H3. The first-order valence-electron chi connectivity index (χ1n) is 7.28. The van der Waals surface area contributed by atoms with E-state index in [0.717, 1.165) is 30.7 Å². The zero-order chi connectivity index (χ0) is 13.8. The normalized spacial score (nSPS) is 10.7. The molecule has 0 aliphatic carbocycles. The molecule has 0 N–H and O–H groups in total. The van der Waals surface area contributed by atoms with Gasteiger partial charge in [0.2, 0.25) is 0 Å². The van der Waals surface area contributed by atoms with Crippen LogP contribution in [0.2, 0.25) is 0 Å². The molecule has 0 amide bonds. The summed E-state index contributed by atoms with van der Waals surface area (Å²) in [6, 6.07) is 11.1. The lowest BCUT2D eigenvalue weighted by Gasteiger charge is -2.14. The van der Waals surface area contributed by atoms with Gasteiger partial charge in [-0.3, -0.25) is 4.98 Å². The van der Waals surface area contributed by atoms with Gasteiger partial charge in [-0.15, -0.1) is 0 Å². The molecule has 0 atom stereocenters. The van der Waals surface area contributed by atoms with E-state index in [1.807, 2.05) is 0 Å². The molecular formula is C18H23N. The van der Waals surface area contributed by atoms with E-state index in [-0.39, 0.29) is 0 Å². The molecule has 1 nitrogen and oxygen atoms in total. The summed E-state index contributed by atoms with van der Waals surface area (Å²) in [6.07, 6.45) is 3.17. The van der Waals surface area contributed by atoms with Crippen molar-refractivity contribution in [2.45, 2.75) is 47.0 Å². The lowest BCUT2D eigenvalue weighted by molar-refractivity contribution is 1.06. The highest BCUT2D eigenvalue weighted by atomic mass is 14.7. The lowest BCUT2D eigenvalue weighted by atomic mass is 9.94. The second kappa shape index (κ2) is 6.01. The molecule has 0 bridgehead atoms. The third-order valence-electron chi connectivity index (χ3n) is 3.68. The summed E-state index contributed by atoms with van der Waals surface area (Å²) in [4.78, 5) is 4.77. The van der Waals surface area contributed by atoms with Crippen molar-refractivity contribution >= 4 is 0 Å². The molecular weight excluding hydrogens is 230 g/mol. The number of hydrogen-bond acceptors (Lipinski definition) is 1. The third kappa shape index (κ3) is 2.86. The van der Waals surface area contributed by atoms with E-state index >= 15 is 0 Å². The molecule has 2 aromatic rings. The van der Waals surface area contributed by atoms with Gasteiger partial charge in [0.15, 0.2) is 0 Å². The molecule has 19 heavy (non-hydrogen) atoms. The van der Waals surface area contributed by atoms with Gasteiger partial charge in [-0.05, 0) is 55.0 Å². The van der Waals surface area contributed by atoms with E-state index in [2.05, 4.69) is 58.0 Å². The summed E-state index contributed by atoms with van der Waals surface area (Å²) in [6.45, 7) is 8.72. The van der Waals surface area contributed by atoms with Crippen LogP contribution >= 0.6 is 0 Å². The van der Waals surface area contributed by atoms with Gasteiger partial charge in [-0.1, -0.05) is 39.0 Å². The molecule has 0 fully saturated rings. The van der Waals surface area contributed by atoms with E-state index in [0.29, 0.717) is 0 Å². The number of rotatable bonds is 4. The Bertz CT molecular complexity index is 548. The molecule has 2 rings (SSSR count). The number of pyridine rings is 1. The van der Waals surface area contributed by atoms with Crippen molar-refractivity contribution in [2.24, 2.45) is 0 Å². The summed E-state index contributed by atoms with van der Waals surface area (Å²) >= 11 is 0. The van der Waals surface area contributed by atoms with E-state index < -0.39 is 0 Å². The Kier molecular flexibility index (Phi) is 4.36. The van der Waals surface area contributed by atoms with Crippen molar-refractivity contribution < 1.29 is 0 Å². The number of benzene rings is 1. The van der Waals surface area contributed by atoms with Crippen LogP contribution in [0.5, 0.6) is 0 Å². The Hall–Kier alpha value is -1.63. The van der Waals surface area contributed by atoms with Gasteiger partial charge in [-0.25, -0.2) is 0 Å². The van der Waals surface area contributed by atoms with Crippen LogP contribution in [0, 0.1) is 6.92 Å². The first-order valence-corrected chi connectivity index (χ1v) is 7.28. The minimum Gasteiger partial charge on any atom is -0.253 e. The van der Waals surface area contributed by atoms with Crippen LogP contribution in [0.15, 0.2) is 30.3 Å². The van der Waals surface area contributed by atoms with E-state index in [1.54, 1.807) is 0 Å². The molecule has 1 aromatic heterocycles. The molecule has 1 heterocycles. The largest absolute Gasteiger partial charge is 0.253 e. The summed E-state index contributed by atoms with van der Waals surface area (Å²) in [7, 11) is 0. The summed E-state index contributed by atoms with van der Waals surface area (Å²) < 4.78 is 0. The average molecular weight is 253 g/mol. The molecule has 100 valence electrons. The van der Waals surface area contributed by atoms with Crippen LogP contribution in [0.3, 0.4) is 0 Å². The number of aromatic nitrogens is 1. The molecule has 0 unspecified atom stereocenters. The molecule has 0 spiro atoms. The maximum absolute atomic E-state index is 4.77. The second-order valence-electron chi connectivity index (χ2n) is 5.01. The first-order chi connectivity index (χ1) is 9.19. The Morgan fingerprint density at radius 1 is 0.895 bits per heavy atom. The predicted octanol–water partition coefficient (Wildman–Crippen LogP) is 4.74. The van der Waals surface area contributed by atoms with E-state index in [1.165, 1.54) is 22.3 Å². The van der Waals surface area contributed by atoms with E-state index in [9.17, 15) is 0 Å². The fraction of sp³-hybridized carbons (Fsp3) is 0.389. The van der Waals surface area contributed by atoms with Crippen molar-refractivity contribution in [3.63, 3.8) is 0 Å². The predicted molar refractivity (Wildman–Crippen MR) is 82.5 cm³/mol. The van der Waals surface area contributed by atoms with Crippen molar-refractivity contribution in [1.82, 2.24) is 4.98 Å². The van der Waals surface area contributed by atoms with Crippen LogP contribution in [0.4, 0.5) is 0 Å². The molecule has 0 saturated heterocycles. The highest BCUT2D eigenvalue weighted by Gasteiger charge is 2.11. The average Bonchev–Trinajstić information content (AvgIpc) is 2.45. The van der Waals surface area contributed by atoms with Crippen molar-refractivity contribution in [1.29, 1.82) is 0 Å². The molecule has 1 aromatic carbocycles. The van der Waals surface area contributed by atoms with Crippen molar-refractivity contribution in [3.8, 4) is 11.3 Å². The second-order valence-corrected chi connectivity index (χ2v) is 5.01. The minimum absolute atomic E-state index is 1.06. The Balaban J connectivity index is 2.66. The van der Waals surface area contributed by atoms with Gasteiger partial charge in [0.05, 0.1) is 5.69 Å². The molecule has 0 aliphatic rings. The van der Waals surface area contributed by atoms with Crippen LogP contribution in [-0.4, -0.2) is 4.98 Å². The Morgan fingerprint density at radius 2 is 1.53 bits per heavy atom. The fourth-order valence-electron chi connectivity index (χ4n) is 2.64. The molecule has 0 aliphatic heterocycles. The number of nitrogens with zero attached hydrogens (tertiary/aromatic N) is 1. The Morgan fingerprint density at radius 3 is 2.05 bits per heavy atom. The highest BCUT2D eigenvalue weighted by Crippen LogP contribution is 2.28. The zero-order valence-corrected chi connectivity index (χ0v) is 12.5. The molecule has 0 saturated carbocycles. The van der Waals surface area contributed by atoms with Gasteiger partial charge in [0, 0.05) is 11.3 Å². The van der Waals surface area contributed by atoms with Crippen LogP contribution < -0.4 is 0 Å². The first kappa shape index (κ1) is 13.8. The Labute approximate surface area is 116 Å². The summed E-state index contributed by atoms with van der Waals surface area (Å²) in [5.74, 6) is 0. The topological polar surface area (TPSA) is 12.9 Å². The summed E-state index contributed by atoms with van der Waals surface area (Å²) in [5, 5.41) is 0. The maximum Gasteiger partial charge on any atom is 0.0713 e. The van der Waals surface area contributed by atoms with Gasteiger partial charge in [0.25, 0.3) is 0 Å². The van der Waals surface area contributed by atoms with Crippen molar-refractivity contribution in [2.75, 3.05) is 0 Å².